The first kappa shape index (κ1) is 15.9. The maximum absolute atomic E-state index is 13.2. The second-order valence-corrected chi connectivity index (χ2v) is 6.41. The zero-order valence-electron chi connectivity index (χ0n) is 12.5. The third kappa shape index (κ3) is 3.70. The van der Waals surface area contributed by atoms with Gasteiger partial charge in [0, 0.05) is 22.3 Å². The second-order valence-electron chi connectivity index (χ2n) is 5.50. The molecule has 3 rings (SSSR count). The molecular weight excluding hydrogens is 362 g/mol. The molecule has 3 aromatic rings. The number of hydrogen-bond acceptors (Lipinski definition) is 1. The van der Waals surface area contributed by atoms with E-state index in [0.717, 1.165) is 33.5 Å². The average Bonchev–Trinajstić information content (AvgIpc) is 2.52. The lowest BCUT2D eigenvalue weighted by molar-refractivity contribution is 0.0174. The van der Waals surface area contributed by atoms with Gasteiger partial charge in [-0.3, -0.25) is 0 Å². The lowest BCUT2D eigenvalue weighted by Gasteiger charge is -2.12. The zero-order valence-corrected chi connectivity index (χ0v) is 14.1. The normalized spacial score (nSPS) is 11.7. The lowest BCUT2D eigenvalue weighted by Crippen LogP contribution is -2.07. The Morgan fingerprint density at radius 3 is 2.43 bits per heavy atom. The fourth-order valence-electron chi connectivity index (χ4n) is 2.41. The molecule has 1 nitrogen and oxygen atoms in total. The molecule has 0 unspecified atom stereocenters. The minimum absolute atomic E-state index is 0.0104. The summed E-state index contributed by atoms with van der Waals surface area (Å²) in [6.45, 7) is 1.23. The van der Waals surface area contributed by atoms with E-state index in [1.54, 1.807) is 12.1 Å². The van der Waals surface area contributed by atoms with E-state index in [4.69, 9.17) is 4.74 Å². The zero-order chi connectivity index (χ0) is 16.4. The van der Waals surface area contributed by atoms with Crippen LogP contribution in [0.15, 0.2) is 65.1 Å². The first-order valence-corrected chi connectivity index (χ1v) is 8.01. The monoisotopic (exact) mass is 376 g/mol. The van der Waals surface area contributed by atoms with Crippen molar-refractivity contribution in [3.63, 3.8) is 0 Å². The molecule has 0 amide bonds. The van der Waals surface area contributed by atoms with Gasteiger partial charge in [0.1, 0.15) is 12.4 Å². The average molecular weight is 377 g/mol. The fourth-order valence-corrected chi connectivity index (χ4v) is 2.78. The Kier molecular flexibility index (Phi) is 4.35. The molecule has 3 aromatic carbocycles. The van der Waals surface area contributed by atoms with Crippen molar-refractivity contribution in [3.8, 4) is 5.75 Å². The third-order valence-electron chi connectivity index (χ3n) is 3.66. The van der Waals surface area contributed by atoms with Crippen LogP contribution in [-0.4, -0.2) is 0 Å². The molecule has 23 heavy (non-hydrogen) atoms. The van der Waals surface area contributed by atoms with Gasteiger partial charge in [-0.2, -0.15) is 0 Å². The van der Waals surface area contributed by atoms with Crippen LogP contribution in [0.4, 0.5) is 8.78 Å². The third-order valence-corrected chi connectivity index (χ3v) is 4.15. The van der Waals surface area contributed by atoms with Crippen LogP contribution < -0.4 is 4.74 Å². The van der Waals surface area contributed by atoms with Crippen molar-refractivity contribution in [1.29, 1.82) is 0 Å². The number of hydrogen-bond donors (Lipinski definition) is 0. The topological polar surface area (TPSA) is 9.23 Å². The maximum atomic E-state index is 13.2. The molecule has 0 saturated heterocycles. The number of halogens is 3. The van der Waals surface area contributed by atoms with Crippen LogP contribution in [0.5, 0.6) is 5.75 Å². The standard InChI is InChI=1S/C19H15BrF2O/c1-19(21,22)15-7-5-13(6-8-15)12-23-18-4-2-3-14-11-16(20)9-10-17(14)18/h2-11H,12H2,1H3. The van der Waals surface area contributed by atoms with E-state index in [1.807, 2.05) is 36.4 Å². The van der Waals surface area contributed by atoms with Crippen molar-refractivity contribution < 1.29 is 13.5 Å². The Bertz CT molecular complexity index is 823. The highest BCUT2D eigenvalue weighted by Crippen LogP contribution is 2.29. The van der Waals surface area contributed by atoms with E-state index in [-0.39, 0.29) is 5.56 Å². The van der Waals surface area contributed by atoms with E-state index in [0.29, 0.717) is 6.61 Å². The summed E-state index contributed by atoms with van der Waals surface area (Å²) in [5.41, 5.74) is 0.864. The van der Waals surface area contributed by atoms with E-state index in [9.17, 15) is 8.78 Å². The highest BCUT2D eigenvalue weighted by molar-refractivity contribution is 9.10. The van der Waals surface area contributed by atoms with Crippen molar-refractivity contribution in [2.45, 2.75) is 19.5 Å². The van der Waals surface area contributed by atoms with Crippen LogP contribution in [0.1, 0.15) is 18.1 Å². The van der Waals surface area contributed by atoms with Gasteiger partial charge in [-0.05, 0) is 35.2 Å². The highest BCUT2D eigenvalue weighted by Gasteiger charge is 2.23. The van der Waals surface area contributed by atoms with Gasteiger partial charge in [0.15, 0.2) is 0 Å². The molecule has 4 heteroatoms. The van der Waals surface area contributed by atoms with E-state index in [1.165, 1.54) is 12.1 Å². The van der Waals surface area contributed by atoms with Crippen LogP contribution in [0.25, 0.3) is 10.8 Å². The number of fused-ring (bicyclic) bond motifs is 1. The molecule has 0 bridgehead atoms. The van der Waals surface area contributed by atoms with Gasteiger partial charge in [-0.1, -0.05) is 52.3 Å². The van der Waals surface area contributed by atoms with Crippen LogP contribution in [-0.2, 0) is 12.5 Å². The molecule has 0 aliphatic rings. The quantitative estimate of drug-likeness (QED) is 0.519. The van der Waals surface area contributed by atoms with E-state index < -0.39 is 5.92 Å². The maximum Gasteiger partial charge on any atom is 0.270 e. The van der Waals surface area contributed by atoms with Gasteiger partial charge < -0.3 is 4.74 Å². The smallest absolute Gasteiger partial charge is 0.270 e. The molecule has 0 aliphatic carbocycles. The molecule has 0 aromatic heterocycles. The van der Waals surface area contributed by atoms with Gasteiger partial charge in [0.2, 0.25) is 0 Å². The summed E-state index contributed by atoms with van der Waals surface area (Å²) in [6, 6.07) is 18.1. The Hall–Kier alpha value is -1.94. The molecule has 0 heterocycles. The summed E-state index contributed by atoms with van der Waals surface area (Å²) in [4.78, 5) is 0. The Labute approximate surface area is 142 Å². The van der Waals surface area contributed by atoms with Crippen LogP contribution in [0, 0.1) is 0 Å². The molecule has 0 aliphatic heterocycles. The number of ether oxygens (including phenoxy) is 1. The van der Waals surface area contributed by atoms with Gasteiger partial charge in [0.25, 0.3) is 5.92 Å². The van der Waals surface area contributed by atoms with Gasteiger partial charge >= 0.3 is 0 Å². The van der Waals surface area contributed by atoms with E-state index in [2.05, 4.69) is 15.9 Å². The van der Waals surface area contributed by atoms with Gasteiger partial charge in [0.05, 0.1) is 0 Å². The Morgan fingerprint density at radius 1 is 1.00 bits per heavy atom. The summed E-state index contributed by atoms with van der Waals surface area (Å²) in [7, 11) is 0. The molecule has 0 N–H and O–H groups in total. The number of benzene rings is 3. The second kappa shape index (κ2) is 6.28. The molecule has 0 spiro atoms. The number of rotatable bonds is 4. The number of alkyl halides is 2. The molecular formula is C19H15BrF2O. The lowest BCUT2D eigenvalue weighted by atomic mass is 10.1. The summed E-state index contributed by atoms with van der Waals surface area (Å²) >= 11 is 3.45. The summed E-state index contributed by atoms with van der Waals surface area (Å²) < 4.78 is 33.3. The van der Waals surface area contributed by atoms with Crippen LogP contribution >= 0.6 is 15.9 Å². The molecule has 0 atom stereocenters. The largest absolute Gasteiger partial charge is 0.488 e. The summed E-state index contributed by atoms with van der Waals surface area (Å²) in [5, 5.41) is 2.10. The van der Waals surface area contributed by atoms with Gasteiger partial charge in [-0.15, -0.1) is 0 Å². The first-order chi connectivity index (χ1) is 10.9. The van der Waals surface area contributed by atoms with E-state index >= 15 is 0 Å². The summed E-state index contributed by atoms with van der Waals surface area (Å²) in [6.07, 6.45) is 0. The van der Waals surface area contributed by atoms with Crippen LogP contribution in [0.3, 0.4) is 0 Å². The molecule has 0 radical (unpaired) electrons. The Balaban J connectivity index is 1.78. The highest BCUT2D eigenvalue weighted by atomic mass is 79.9. The molecule has 0 saturated carbocycles. The van der Waals surface area contributed by atoms with Crippen molar-refractivity contribution in [2.24, 2.45) is 0 Å². The SMILES string of the molecule is CC(F)(F)c1ccc(COc2cccc3cc(Br)ccc23)cc1. The van der Waals surface area contributed by atoms with Crippen LogP contribution in [0.2, 0.25) is 0 Å². The van der Waals surface area contributed by atoms with Gasteiger partial charge in [-0.25, -0.2) is 8.78 Å². The molecule has 118 valence electrons. The predicted molar refractivity (Wildman–Crippen MR) is 92.0 cm³/mol. The van der Waals surface area contributed by atoms with Crippen molar-refractivity contribution >= 4 is 26.7 Å². The van der Waals surface area contributed by atoms with Crippen molar-refractivity contribution in [1.82, 2.24) is 0 Å². The Morgan fingerprint density at radius 2 is 1.74 bits per heavy atom. The minimum atomic E-state index is -2.82. The summed E-state index contributed by atoms with van der Waals surface area (Å²) in [5.74, 6) is -2.04. The first-order valence-electron chi connectivity index (χ1n) is 7.22. The minimum Gasteiger partial charge on any atom is -0.488 e. The molecule has 0 fully saturated rings. The fraction of sp³-hybridized carbons (Fsp3) is 0.158. The predicted octanol–water partition coefficient (Wildman–Crippen LogP) is 6.29. The van der Waals surface area contributed by atoms with Crippen molar-refractivity contribution in [2.75, 3.05) is 0 Å². The van der Waals surface area contributed by atoms with Crippen molar-refractivity contribution in [3.05, 3.63) is 76.3 Å².